The lowest BCUT2D eigenvalue weighted by Crippen LogP contribution is -2.23. The van der Waals surface area contributed by atoms with E-state index in [1.54, 1.807) is 30.6 Å². The van der Waals surface area contributed by atoms with Crippen LogP contribution in [0.5, 0.6) is 0 Å². The maximum Gasteiger partial charge on any atom is 0.262 e. The quantitative estimate of drug-likeness (QED) is 0.410. The maximum atomic E-state index is 12.2. The summed E-state index contributed by atoms with van der Waals surface area (Å²) in [5.41, 5.74) is 0.931. The highest BCUT2D eigenvalue weighted by molar-refractivity contribution is 7.99. The van der Waals surface area contributed by atoms with E-state index in [9.17, 15) is 10.1 Å². The van der Waals surface area contributed by atoms with Crippen molar-refractivity contribution in [2.75, 3.05) is 0 Å². The summed E-state index contributed by atoms with van der Waals surface area (Å²) in [7, 11) is 0. The van der Waals surface area contributed by atoms with Gasteiger partial charge < -0.3 is 9.73 Å². The lowest BCUT2D eigenvalue weighted by atomic mass is 10.2. The molecule has 3 aromatic rings. The molecule has 0 atom stereocenters. The van der Waals surface area contributed by atoms with Crippen molar-refractivity contribution in [1.29, 1.82) is 5.26 Å². The van der Waals surface area contributed by atoms with Crippen LogP contribution in [-0.4, -0.2) is 15.9 Å². The van der Waals surface area contributed by atoms with E-state index < -0.39 is 5.91 Å². The lowest BCUT2D eigenvalue weighted by molar-refractivity contribution is -0.117. The minimum atomic E-state index is -0.451. The molecule has 128 valence electrons. The van der Waals surface area contributed by atoms with Crippen molar-refractivity contribution in [3.63, 3.8) is 0 Å². The Morgan fingerprint density at radius 2 is 1.92 bits per heavy atom. The summed E-state index contributed by atoms with van der Waals surface area (Å²) in [5.74, 6) is -0.0387. The Morgan fingerprint density at radius 1 is 1.15 bits per heavy atom. The summed E-state index contributed by atoms with van der Waals surface area (Å²) >= 11 is 1.26. The zero-order valence-electron chi connectivity index (χ0n) is 13.6. The van der Waals surface area contributed by atoms with Crippen LogP contribution in [0, 0.1) is 11.3 Å². The number of furan rings is 1. The first kappa shape index (κ1) is 17.5. The predicted molar refractivity (Wildman–Crippen MR) is 96.7 cm³/mol. The number of carbonyl (C=O) groups excluding carboxylic acids is 1. The number of hydrogen-bond acceptors (Lipinski definition) is 6. The highest BCUT2D eigenvalue weighted by atomic mass is 32.2. The van der Waals surface area contributed by atoms with E-state index in [1.165, 1.54) is 17.8 Å². The van der Waals surface area contributed by atoms with Crippen molar-refractivity contribution in [1.82, 2.24) is 15.3 Å². The number of benzene rings is 1. The van der Waals surface area contributed by atoms with Crippen molar-refractivity contribution in [2.24, 2.45) is 0 Å². The third-order valence-corrected chi connectivity index (χ3v) is 4.10. The second-order valence-corrected chi connectivity index (χ2v) is 6.10. The normalized spacial score (nSPS) is 11.0. The average Bonchev–Trinajstić information content (AvgIpc) is 3.12. The summed E-state index contributed by atoms with van der Waals surface area (Å²) in [6, 6.07) is 16.5. The molecule has 1 aromatic carbocycles. The minimum Gasteiger partial charge on any atom is -0.450 e. The molecule has 1 amide bonds. The maximum absolute atomic E-state index is 12.2. The molecule has 1 N–H and O–H groups in total. The topological polar surface area (TPSA) is 91.8 Å². The van der Waals surface area contributed by atoms with Crippen LogP contribution in [0.3, 0.4) is 0 Å². The smallest absolute Gasteiger partial charge is 0.262 e. The van der Waals surface area contributed by atoms with Crippen molar-refractivity contribution in [2.45, 2.75) is 16.8 Å². The first-order valence-electron chi connectivity index (χ1n) is 7.73. The van der Waals surface area contributed by atoms with E-state index in [-0.39, 0.29) is 5.57 Å². The number of nitrogens with zero attached hydrogens (tertiary/aromatic N) is 3. The fourth-order valence-corrected chi connectivity index (χ4v) is 2.74. The van der Waals surface area contributed by atoms with Gasteiger partial charge in [0.2, 0.25) is 0 Å². The largest absolute Gasteiger partial charge is 0.450 e. The minimum absolute atomic E-state index is 0.0252. The standard InChI is InChI=1S/C19H14N4O2S/c20-12-15(18(24)23-13-14-5-2-1-3-6-14)11-16-7-8-17(25-16)26-19-21-9-4-10-22-19/h1-11H,13H2,(H,23,24)/b15-11+. The van der Waals surface area contributed by atoms with Gasteiger partial charge in [-0.25, -0.2) is 9.97 Å². The molecule has 2 aromatic heterocycles. The van der Waals surface area contributed by atoms with Crippen molar-refractivity contribution in [3.05, 3.63) is 77.8 Å². The Hall–Kier alpha value is -3.37. The molecule has 7 heteroatoms. The van der Waals surface area contributed by atoms with Crippen LogP contribution in [-0.2, 0) is 11.3 Å². The highest BCUT2D eigenvalue weighted by Crippen LogP contribution is 2.26. The Bertz CT molecular complexity index is 946. The monoisotopic (exact) mass is 362 g/mol. The fourth-order valence-electron chi connectivity index (χ4n) is 2.06. The Labute approximate surface area is 154 Å². The van der Waals surface area contributed by atoms with Crippen molar-refractivity contribution >= 4 is 23.7 Å². The predicted octanol–water partition coefficient (Wildman–Crippen LogP) is 3.44. The number of nitrogens with one attached hydrogen (secondary N) is 1. The third kappa shape index (κ3) is 4.82. The molecule has 0 spiro atoms. The van der Waals surface area contributed by atoms with E-state index in [0.717, 1.165) is 5.56 Å². The molecular formula is C19H14N4O2S. The van der Waals surface area contributed by atoms with Crippen LogP contribution in [0.15, 0.2) is 81.2 Å². The Kier molecular flexibility index (Phi) is 5.80. The lowest BCUT2D eigenvalue weighted by Gasteiger charge is -2.03. The molecule has 0 aliphatic heterocycles. The van der Waals surface area contributed by atoms with Crippen LogP contribution in [0.1, 0.15) is 11.3 Å². The molecule has 0 saturated heterocycles. The second-order valence-electron chi connectivity index (χ2n) is 5.13. The average molecular weight is 362 g/mol. The highest BCUT2D eigenvalue weighted by Gasteiger charge is 2.11. The van der Waals surface area contributed by atoms with E-state index in [1.807, 2.05) is 36.4 Å². The van der Waals surface area contributed by atoms with Crippen LogP contribution >= 0.6 is 11.8 Å². The molecule has 0 aliphatic carbocycles. The fraction of sp³-hybridized carbons (Fsp3) is 0.0526. The molecule has 0 radical (unpaired) electrons. The summed E-state index contributed by atoms with van der Waals surface area (Å²) in [5, 5.41) is 13.1. The molecular weight excluding hydrogens is 348 g/mol. The van der Waals surface area contributed by atoms with Gasteiger partial charge in [0.05, 0.1) is 0 Å². The second kappa shape index (κ2) is 8.65. The van der Waals surface area contributed by atoms with Crippen molar-refractivity contribution < 1.29 is 9.21 Å². The van der Waals surface area contributed by atoms with Gasteiger partial charge in [-0.1, -0.05) is 30.3 Å². The van der Waals surface area contributed by atoms with Crippen molar-refractivity contribution in [3.8, 4) is 6.07 Å². The summed E-state index contributed by atoms with van der Waals surface area (Å²) in [4.78, 5) is 20.4. The Morgan fingerprint density at radius 3 is 2.65 bits per heavy atom. The number of amides is 1. The van der Waals surface area contributed by atoms with Gasteiger partial charge in [-0.3, -0.25) is 4.79 Å². The van der Waals surface area contributed by atoms with E-state index in [2.05, 4.69) is 15.3 Å². The molecule has 2 heterocycles. The number of carbonyl (C=O) groups is 1. The van der Waals surface area contributed by atoms with Crippen LogP contribution < -0.4 is 5.32 Å². The molecule has 0 aliphatic rings. The molecule has 6 nitrogen and oxygen atoms in total. The third-order valence-electron chi connectivity index (χ3n) is 3.28. The summed E-state index contributed by atoms with van der Waals surface area (Å²) in [6.07, 6.45) is 4.70. The molecule has 0 fully saturated rings. The van der Waals surface area contributed by atoms with E-state index >= 15 is 0 Å². The zero-order chi connectivity index (χ0) is 18.2. The van der Waals surface area contributed by atoms with E-state index in [4.69, 9.17) is 4.42 Å². The Balaban J connectivity index is 1.65. The van der Waals surface area contributed by atoms with Gasteiger partial charge in [-0.05, 0) is 35.5 Å². The van der Waals surface area contributed by atoms with Gasteiger partial charge in [0.15, 0.2) is 10.2 Å². The molecule has 0 unspecified atom stereocenters. The van der Waals surface area contributed by atoms with Gasteiger partial charge in [0.1, 0.15) is 17.4 Å². The van der Waals surface area contributed by atoms with Crippen LogP contribution in [0.2, 0.25) is 0 Å². The number of aromatic nitrogens is 2. The first-order chi connectivity index (χ1) is 12.7. The van der Waals surface area contributed by atoms with Gasteiger partial charge in [0, 0.05) is 25.0 Å². The molecule has 3 rings (SSSR count). The van der Waals surface area contributed by atoms with Gasteiger partial charge in [-0.15, -0.1) is 0 Å². The molecule has 0 bridgehead atoms. The number of hydrogen-bond donors (Lipinski definition) is 1. The number of rotatable bonds is 6. The SMILES string of the molecule is N#C/C(=C\c1ccc(Sc2ncccn2)o1)C(=O)NCc1ccccc1. The van der Waals surface area contributed by atoms with Gasteiger partial charge in [-0.2, -0.15) is 5.26 Å². The first-order valence-corrected chi connectivity index (χ1v) is 8.55. The van der Waals surface area contributed by atoms with Gasteiger partial charge >= 0.3 is 0 Å². The molecule has 26 heavy (non-hydrogen) atoms. The molecule has 0 saturated carbocycles. The zero-order valence-corrected chi connectivity index (χ0v) is 14.4. The summed E-state index contributed by atoms with van der Waals surface area (Å²) in [6.45, 7) is 0.350. The van der Waals surface area contributed by atoms with E-state index in [0.29, 0.717) is 22.6 Å². The summed E-state index contributed by atoms with van der Waals surface area (Å²) < 4.78 is 5.61. The van der Waals surface area contributed by atoms with Crippen LogP contribution in [0.4, 0.5) is 0 Å². The number of nitriles is 1. The van der Waals surface area contributed by atoms with Crippen LogP contribution in [0.25, 0.3) is 6.08 Å². The van der Waals surface area contributed by atoms with Gasteiger partial charge in [0.25, 0.3) is 5.91 Å².